The summed E-state index contributed by atoms with van der Waals surface area (Å²) in [4.78, 5) is 11.4. The molecule has 15 heavy (non-hydrogen) atoms. The minimum atomic E-state index is -0.477. The number of nitrogens with one attached hydrogen (secondary N) is 1. The Hall–Kier alpha value is -1.81. The molecule has 0 bridgehead atoms. The van der Waals surface area contributed by atoms with E-state index in [-0.39, 0.29) is 0 Å². The summed E-state index contributed by atoms with van der Waals surface area (Å²) < 4.78 is 5.04. The fourth-order valence-electron chi connectivity index (χ4n) is 1.03. The molecule has 0 aliphatic carbocycles. The third kappa shape index (κ3) is 2.35. The van der Waals surface area contributed by atoms with E-state index in [2.05, 4.69) is 10.2 Å². The molecule has 0 saturated carbocycles. The van der Waals surface area contributed by atoms with Gasteiger partial charge in [-0.3, -0.25) is 5.10 Å². The maximum Gasteiger partial charge on any atom is 0.361 e. The molecule has 5 heteroatoms. The van der Waals surface area contributed by atoms with Crippen molar-refractivity contribution in [1.82, 2.24) is 10.2 Å². The van der Waals surface area contributed by atoms with Crippen LogP contribution in [0.2, 0.25) is 5.02 Å². The zero-order valence-electron chi connectivity index (χ0n) is 7.61. The van der Waals surface area contributed by atoms with Crippen LogP contribution in [0, 0.1) is 0 Å². The van der Waals surface area contributed by atoms with Crippen molar-refractivity contribution in [2.75, 3.05) is 0 Å². The fourth-order valence-corrected chi connectivity index (χ4v) is 1.16. The largest absolute Gasteiger partial charge is 0.422 e. The van der Waals surface area contributed by atoms with Crippen LogP contribution in [0.15, 0.2) is 36.5 Å². The molecule has 0 fully saturated rings. The summed E-state index contributed by atoms with van der Waals surface area (Å²) >= 11 is 5.69. The highest BCUT2D eigenvalue weighted by Gasteiger charge is 2.08. The van der Waals surface area contributed by atoms with E-state index in [1.807, 2.05) is 0 Å². The number of benzene rings is 1. The van der Waals surface area contributed by atoms with Gasteiger partial charge in [0, 0.05) is 11.2 Å². The first kappa shape index (κ1) is 9.73. The first-order valence-electron chi connectivity index (χ1n) is 4.23. The average Bonchev–Trinajstić information content (AvgIpc) is 2.74. The van der Waals surface area contributed by atoms with Crippen LogP contribution in [0.25, 0.3) is 0 Å². The monoisotopic (exact) mass is 222 g/mol. The van der Waals surface area contributed by atoms with Gasteiger partial charge < -0.3 is 4.74 Å². The summed E-state index contributed by atoms with van der Waals surface area (Å²) in [6.45, 7) is 0. The number of aromatic nitrogens is 2. The van der Waals surface area contributed by atoms with Gasteiger partial charge in [-0.05, 0) is 30.3 Å². The van der Waals surface area contributed by atoms with E-state index in [1.165, 1.54) is 12.3 Å². The van der Waals surface area contributed by atoms with Gasteiger partial charge >= 0.3 is 5.97 Å². The minimum absolute atomic E-state index is 0.310. The third-order valence-electron chi connectivity index (χ3n) is 1.74. The highest BCUT2D eigenvalue weighted by Crippen LogP contribution is 2.16. The molecule has 1 heterocycles. The number of hydrogen-bond donors (Lipinski definition) is 1. The number of nitrogens with zero attached hydrogens (tertiary/aromatic N) is 1. The summed E-state index contributed by atoms with van der Waals surface area (Å²) in [5.74, 6) is -0.0335. The van der Waals surface area contributed by atoms with Crippen LogP contribution in [0.5, 0.6) is 5.75 Å². The van der Waals surface area contributed by atoms with Crippen molar-refractivity contribution in [2.24, 2.45) is 0 Å². The summed E-state index contributed by atoms with van der Waals surface area (Å²) in [5.41, 5.74) is 0.310. The smallest absolute Gasteiger partial charge is 0.361 e. The summed E-state index contributed by atoms with van der Waals surface area (Å²) in [6.07, 6.45) is 1.48. The quantitative estimate of drug-likeness (QED) is 0.627. The van der Waals surface area contributed by atoms with Gasteiger partial charge in [-0.25, -0.2) is 4.79 Å². The van der Waals surface area contributed by atoms with Crippen LogP contribution in [0.3, 0.4) is 0 Å². The molecule has 0 spiro atoms. The Labute approximate surface area is 90.8 Å². The number of carbonyl (C=O) groups is 1. The number of esters is 1. The second kappa shape index (κ2) is 4.14. The van der Waals surface area contributed by atoms with E-state index < -0.39 is 5.97 Å². The van der Waals surface area contributed by atoms with Crippen LogP contribution in [-0.4, -0.2) is 16.2 Å². The molecule has 0 radical (unpaired) electrons. The second-order valence-electron chi connectivity index (χ2n) is 2.81. The lowest BCUT2D eigenvalue weighted by Crippen LogP contribution is -2.08. The van der Waals surface area contributed by atoms with Crippen molar-refractivity contribution < 1.29 is 9.53 Å². The molecule has 0 unspecified atom stereocenters. The second-order valence-corrected chi connectivity index (χ2v) is 3.25. The Bertz CT molecular complexity index is 451. The first-order chi connectivity index (χ1) is 7.25. The van der Waals surface area contributed by atoms with Crippen molar-refractivity contribution in [2.45, 2.75) is 0 Å². The van der Waals surface area contributed by atoms with Gasteiger partial charge in [-0.2, -0.15) is 5.10 Å². The molecule has 2 aromatic rings. The first-order valence-corrected chi connectivity index (χ1v) is 4.60. The molecule has 1 aromatic heterocycles. The van der Waals surface area contributed by atoms with Crippen molar-refractivity contribution in [3.8, 4) is 5.75 Å². The van der Waals surface area contributed by atoms with Crippen LogP contribution in [0.4, 0.5) is 0 Å². The van der Waals surface area contributed by atoms with Gasteiger partial charge in [-0.1, -0.05) is 11.6 Å². The van der Waals surface area contributed by atoms with E-state index in [1.54, 1.807) is 24.3 Å². The topological polar surface area (TPSA) is 55.0 Å². The van der Waals surface area contributed by atoms with E-state index in [0.717, 1.165) is 0 Å². The van der Waals surface area contributed by atoms with Crippen molar-refractivity contribution in [3.63, 3.8) is 0 Å². The number of aromatic amines is 1. The number of hydrogen-bond acceptors (Lipinski definition) is 3. The summed E-state index contributed by atoms with van der Waals surface area (Å²) in [5, 5.41) is 6.76. The van der Waals surface area contributed by atoms with Crippen LogP contribution >= 0.6 is 11.6 Å². The lowest BCUT2D eigenvalue weighted by Gasteiger charge is -2.01. The normalized spacial score (nSPS) is 9.93. The Balaban J connectivity index is 2.09. The predicted octanol–water partition coefficient (Wildman–Crippen LogP) is 2.28. The van der Waals surface area contributed by atoms with E-state index >= 15 is 0 Å². The lowest BCUT2D eigenvalue weighted by molar-refractivity contribution is 0.0728. The van der Waals surface area contributed by atoms with Gasteiger partial charge in [0.2, 0.25) is 0 Å². The minimum Gasteiger partial charge on any atom is -0.422 e. The van der Waals surface area contributed by atoms with E-state index in [0.29, 0.717) is 16.5 Å². The molecule has 4 nitrogen and oxygen atoms in total. The van der Waals surface area contributed by atoms with Crippen molar-refractivity contribution >= 4 is 17.6 Å². The molecule has 76 valence electrons. The molecule has 2 rings (SSSR count). The molecule has 0 aliphatic heterocycles. The number of H-pyrrole nitrogens is 1. The molecule has 1 N–H and O–H groups in total. The number of rotatable bonds is 2. The molecule has 1 aromatic carbocycles. The fraction of sp³-hybridized carbons (Fsp3) is 0. The predicted molar refractivity (Wildman–Crippen MR) is 55.0 cm³/mol. The maximum atomic E-state index is 11.4. The number of ether oxygens (including phenoxy) is 1. The van der Waals surface area contributed by atoms with E-state index in [9.17, 15) is 4.79 Å². The Morgan fingerprint density at radius 3 is 2.60 bits per heavy atom. The standard InChI is InChI=1S/C10H7ClN2O2/c11-7-1-3-8(4-2-7)15-10(14)9-5-6-12-13-9/h1-6H,(H,12,13). The molecule has 0 atom stereocenters. The molecular formula is C10H7ClN2O2. The maximum absolute atomic E-state index is 11.4. The van der Waals surface area contributed by atoms with Gasteiger partial charge in [0.15, 0.2) is 0 Å². The van der Waals surface area contributed by atoms with Crippen LogP contribution in [0.1, 0.15) is 10.5 Å². The van der Waals surface area contributed by atoms with Gasteiger partial charge in [0.25, 0.3) is 0 Å². The zero-order chi connectivity index (χ0) is 10.7. The Morgan fingerprint density at radius 2 is 2.00 bits per heavy atom. The Kier molecular flexibility index (Phi) is 2.69. The van der Waals surface area contributed by atoms with Gasteiger partial charge in [-0.15, -0.1) is 0 Å². The number of halogens is 1. The van der Waals surface area contributed by atoms with Gasteiger partial charge in [0.1, 0.15) is 11.4 Å². The summed E-state index contributed by atoms with van der Waals surface area (Å²) in [7, 11) is 0. The molecule has 0 amide bonds. The highest BCUT2D eigenvalue weighted by atomic mass is 35.5. The van der Waals surface area contributed by atoms with E-state index in [4.69, 9.17) is 16.3 Å². The molecule has 0 saturated heterocycles. The third-order valence-corrected chi connectivity index (χ3v) is 2.00. The number of carbonyl (C=O) groups excluding carboxylic acids is 1. The van der Waals surface area contributed by atoms with Crippen LogP contribution in [-0.2, 0) is 0 Å². The van der Waals surface area contributed by atoms with Crippen LogP contribution < -0.4 is 4.74 Å². The highest BCUT2D eigenvalue weighted by molar-refractivity contribution is 6.30. The van der Waals surface area contributed by atoms with Crippen molar-refractivity contribution in [1.29, 1.82) is 0 Å². The zero-order valence-corrected chi connectivity index (χ0v) is 8.36. The summed E-state index contributed by atoms with van der Waals surface area (Å²) in [6, 6.07) is 8.08. The SMILES string of the molecule is O=C(Oc1ccc(Cl)cc1)c1ccn[nH]1. The molecule has 0 aliphatic rings. The van der Waals surface area contributed by atoms with Gasteiger partial charge in [0.05, 0.1) is 0 Å². The Morgan fingerprint density at radius 1 is 1.27 bits per heavy atom. The average molecular weight is 223 g/mol. The lowest BCUT2D eigenvalue weighted by atomic mass is 10.3. The molecular weight excluding hydrogens is 216 g/mol. The van der Waals surface area contributed by atoms with Crippen molar-refractivity contribution in [3.05, 3.63) is 47.2 Å².